The molecule has 0 aliphatic carbocycles. The highest BCUT2D eigenvalue weighted by molar-refractivity contribution is 5.81. The van der Waals surface area contributed by atoms with Gasteiger partial charge in [0.25, 0.3) is 5.91 Å². The molecule has 1 atom stereocenters. The van der Waals surface area contributed by atoms with E-state index in [1.54, 1.807) is 11.1 Å². The molecule has 0 saturated carbocycles. The molecular formula is C13H21N3O2. The van der Waals surface area contributed by atoms with E-state index in [1.807, 2.05) is 32.0 Å². The molecular weight excluding hydrogens is 230 g/mol. The van der Waals surface area contributed by atoms with E-state index in [4.69, 9.17) is 10.5 Å². The monoisotopic (exact) mass is 251 g/mol. The standard InChI is InChI=1S/C13H21N3O2/c1-10(2)16(13(17)12(8-14)18-3)9-11-6-4-5-7-15-11/h4-7,10,12H,8-9,14H2,1-3H3. The fraction of sp³-hybridized carbons (Fsp3) is 0.538. The zero-order valence-corrected chi connectivity index (χ0v) is 11.2. The minimum atomic E-state index is -0.587. The van der Waals surface area contributed by atoms with Crippen LogP contribution in [-0.2, 0) is 16.1 Å². The topological polar surface area (TPSA) is 68.5 Å². The van der Waals surface area contributed by atoms with Crippen molar-refractivity contribution in [1.82, 2.24) is 9.88 Å². The highest BCUT2D eigenvalue weighted by Crippen LogP contribution is 2.09. The summed E-state index contributed by atoms with van der Waals surface area (Å²) in [5.74, 6) is -0.0966. The summed E-state index contributed by atoms with van der Waals surface area (Å²) in [5.41, 5.74) is 6.38. The van der Waals surface area contributed by atoms with Crippen LogP contribution in [0.2, 0.25) is 0 Å². The number of amides is 1. The van der Waals surface area contributed by atoms with Gasteiger partial charge in [0, 0.05) is 25.9 Å². The number of hydrogen-bond donors (Lipinski definition) is 1. The van der Waals surface area contributed by atoms with Gasteiger partial charge in [-0.2, -0.15) is 0 Å². The fourth-order valence-corrected chi connectivity index (χ4v) is 1.66. The van der Waals surface area contributed by atoms with Crippen molar-refractivity contribution in [3.05, 3.63) is 30.1 Å². The number of methoxy groups -OCH3 is 1. The van der Waals surface area contributed by atoms with Gasteiger partial charge >= 0.3 is 0 Å². The molecule has 1 heterocycles. The summed E-state index contributed by atoms with van der Waals surface area (Å²) in [4.78, 5) is 18.2. The second-order valence-electron chi connectivity index (χ2n) is 4.34. The summed E-state index contributed by atoms with van der Waals surface area (Å²) >= 11 is 0. The number of nitrogens with zero attached hydrogens (tertiary/aromatic N) is 2. The summed E-state index contributed by atoms with van der Waals surface area (Å²) in [6, 6.07) is 5.72. The van der Waals surface area contributed by atoms with Crippen LogP contribution in [0.1, 0.15) is 19.5 Å². The highest BCUT2D eigenvalue weighted by atomic mass is 16.5. The maximum absolute atomic E-state index is 12.2. The van der Waals surface area contributed by atoms with Crippen molar-refractivity contribution in [1.29, 1.82) is 0 Å². The fourth-order valence-electron chi connectivity index (χ4n) is 1.66. The number of nitrogens with two attached hydrogens (primary N) is 1. The molecule has 0 fully saturated rings. The molecule has 0 aliphatic heterocycles. The van der Waals surface area contributed by atoms with E-state index < -0.39 is 6.10 Å². The Balaban J connectivity index is 2.80. The summed E-state index contributed by atoms with van der Waals surface area (Å²) in [6.45, 7) is 4.58. The molecule has 5 nitrogen and oxygen atoms in total. The van der Waals surface area contributed by atoms with E-state index in [1.165, 1.54) is 7.11 Å². The van der Waals surface area contributed by atoms with Crippen molar-refractivity contribution in [3.63, 3.8) is 0 Å². The van der Waals surface area contributed by atoms with Crippen LogP contribution >= 0.6 is 0 Å². The molecule has 1 aromatic heterocycles. The number of hydrogen-bond acceptors (Lipinski definition) is 4. The van der Waals surface area contributed by atoms with E-state index in [-0.39, 0.29) is 18.5 Å². The quantitative estimate of drug-likeness (QED) is 0.811. The first-order valence-corrected chi connectivity index (χ1v) is 6.03. The second kappa shape index (κ2) is 7.08. The van der Waals surface area contributed by atoms with Gasteiger partial charge in [-0.1, -0.05) is 6.07 Å². The van der Waals surface area contributed by atoms with Gasteiger partial charge in [0.15, 0.2) is 0 Å². The van der Waals surface area contributed by atoms with Gasteiger partial charge in [-0.05, 0) is 26.0 Å². The zero-order chi connectivity index (χ0) is 13.5. The number of carbonyl (C=O) groups excluding carboxylic acids is 1. The van der Waals surface area contributed by atoms with Gasteiger partial charge in [0.1, 0.15) is 6.10 Å². The van der Waals surface area contributed by atoms with Gasteiger partial charge in [0.05, 0.1) is 12.2 Å². The Morgan fingerprint density at radius 1 is 1.50 bits per heavy atom. The normalized spacial score (nSPS) is 12.5. The van der Waals surface area contributed by atoms with Crippen molar-refractivity contribution in [3.8, 4) is 0 Å². The molecule has 0 aliphatic rings. The van der Waals surface area contributed by atoms with Gasteiger partial charge in [-0.25, -0.2) is 0 Å². The number of rotatable bonds is 6. The van der Waals surface area contributed by atoms with E-state index in [2.05, 4.69) is 4.98 Å². The van der Waals surface area contributed by atoms with Crippen LogP contribution in [0.15, 0.2) is 24.4 Å². The molecule has 1 rings (SSSR count). The third kappa shape index (κ3) is 3.78. The first-order valence-electron chi connectivity index (χ1n) is 6.03. The van der Waals surface area contributed by atoms with E-state index in [9.17, 15) is 4.79 Å². The molecule has 0 saturated heterocycles. The molecule has 0 radical (unpaired) electrons. The molecule has 18 heavy (non-hydrogen) atoms. The lowest BCUT2D eigenvalue weighted by Crippen LogP contribution is -2.46. The van der Waals surface area contributed by atoms with E-state index in [0.717, 1.165) is 5.69 Å². The molecule has 1 aromatic rings. The van der Waals surface area contributed by atoms with Crippen LogP contribution in [0.3, 0.4) is 0 Å². The third-order valence-electron chi connectivity index (χ3n) is 2.74. The summed E-state index contributed by atoms with van der Waals surface area (Å²) < 4.78 is 5.09. The minimum Gasteiger partial charge on any atom is -0.370 e. The molecule has 0 spiro atoms. The molecule has 2 N–H and O–H groups in total. The van der Waals surface area contributed by atoms with Crippen molar-refractivity contribution in [2.75, 3.05) is 13.7 Å². The van der Waals surface area contributed by atoms with Crippen LogP contribution in [0.5, 0.6) is 0 Å². The van der Waals surface area contributed by atoms with Crippen LogP contribution in [-0.4, -0.2) is 41.6 Å². The van der Waals surface area contributed by atoms with Crippen LogP contribution in [0, 0.1) is 0 Å². The van der Waals surface area contributed by atoms with Gasteiger partial charge < -0.3 is 15.4 Å². The van der Waals surface area contributed by atoms with Crippen LogP contribution < -0.4 is 5.73 Å². The molecule has 5 heteroatoms. The number of aromatic nitrogens is 1. The lowest BCUT2D eigenvalue weighted by atomic mass is 10.2. The van der Waals surface area contributed by atoms with Crippen LogP contribution in [0.4, 0.5) is 0 Å². The molecule has 1 amide bonds. The summed E-state index contributed by atoms with van der Waals surface area (Å²) in [6.07, 6.45) is 1.13. The van der Waals surface area contributed by atoms with Crippen LogP contribution in [0.25, 0.3) is 0 Å². The number of carbonyl (C=O) groups is 1. The smallest absolute Gasteiger partial charge is 0.253 e. The predicted molar refractivity (Wildman–Crippen MR) is 69.8 cm³/mol. The van der Waals surface area contributed by atoms with Crippen molar-refractivity contribution in [2.24, 2.45) is 5.73 Å². The Labute approximate surface area is 108 Å². The zero-order valence-electron chi connectivity index (χ0n) is 11.2. The molecule has 0 bridgehead atoms. The van der Waals surface area contributed by atoms with Crippen molar-refractivity contribution in [2.45, 2.75) is 32.5 Å². The lowest BCUT2D eigenvalue weighted by Gasteiger charge is -2.29. The Morgan fingerprint density at radius 2 is 2.22 bits per heavy atom. The van der Waals surface area contributed by atoms with Gasteiger partial charge in [0.2, 0.25) is 0 Å². The minimum absolute atomic E-state index is 0.0729. The Morgan fingerprint density at radius 3 is 2.67 bits per heavy atom. The Kier molecular flexibility index (Phi) is 5.74. The predicted octanol–water partition coefficient (Wildman–Crippen LogP) is 0.792. The van der Waals surface area contributed by atoms with E-state index >= 15 is 0 Å². The number of ether oxygens (including phenoxy) is 1. The average Bonchev–Trinajstić information content (AvgIpc) is 2.38. The first-order chi connectivity index (χ1) is 8.60. The molecule has 0 aromatic carbocycles. The molecule has 1 unspecified atom stereocenters. The Bertz CT molecular complexity index is 364. The maximum atomic E-state index is 12.2. The summed E-state index contributed by atoms with van der Waals surface area (Å²) in [5, 5.41) is 0. The Hall–Kier alpha value is -1.46. The summed E-state index contributed by atoms with van der Waals surface area (Å²) in [7, 11) is 1.49. The van der Waals surface area contributed by atoms with E-state index in [0.29, 0.717) is 6.54 Å². The average molecular weight is 251 g/mol. The largest absolute Gasteiger partial charge is 0.370 e. The van der Waals surface area contributed by atoms with Gasteiger partial charge in [-0.15, -0.1) is 0 Å². The van der Waals surface area contributed by atoms with Crippen molar-refractivity contribution < 1.29 is 9.53 Å². The SMILES string of the molecule is COC(CN)C(=O)N(Cc1ccccn1)C(C)C. The van der Waals surface area contributed by atoms with Crippen molar-refractivity contribution >= 4 is 5.91 Å². The van der Waals surface area contributed by atoms with Gasteiger partial charge in [-0.3, -0.25) is 9.78 Å². The second-order valence-corrected chi connectivity index (χ2v) is 4.34. The first kappa shape index (κ1) is 14.6. The number of pyridine rings is 1. The highest BCUT2D eigenvalue weighted by Gasteiger charge is 2.25. The maximum Gasteiger partial charge on any atom is 0.253 e. The third-order valence-corrected chi connectivity index (χ3v) is 2.74. The molecule has 100 valence electrons. The lowest BCUT2D eigenvalue weighted by molar-refractivity contribution is -0.143.